The number of nitrogens with two attached hydrogens (primary N) is 1. The van der Waals surface area contributed by atoms with E-state index < -0.39 is 17.3 Å². The van der Waals surface area contributed by atoms with Crippen molar-refractivity contribution < 1.29 is 19.3 Å². The van der Waals surface area contributed by atoms with Crippen molar-refractivity contribution in [3.8, 4) is 0 Å². The van der Waals surface area contributed by atoms with Gasteiger partial charge in [0.05, 0.1) is 0 Å². The minimum absolute atomic E-state index is 0.132. The van der Waals surface area contributed by atoms with Crippen LogP contribution in [-0.2, 0) is 16.0 Å². The SMILES string of the molecule is Cc1nonc1CC(C)(C(N)=O)C(=O)O. The van der Waals surface area contributed by atoms with Crippen molar-refractivity contribution in [2.45, 2.75) is 20.3 Å². The Kier molecular flexibility index (Phi) is 2.74. The molecule has 0 bridgehead atoms. The molecule has 1 atom stereocenters. The topological polar surface area (TPSA) is 119 Å². The van der Waals surface area contributed by atoms with Crippen LogP contribution in [0.5, 0.6) is 0 Å². The highest BCUT2D eigenvalue weighted by Gasteiger charge is 2.41. The fourth-order valence-electron chi connectivity index (χ4n) is 1.01. The fourth-order valence-corrected chi connectivity index (χ4v) is 1.01. The van der Waals surface area contributed by atoms with E-state index in [4.69, 9.17) is 10.8 Å². The van der Waals surface area contributed by atoms with Gasteiger partial charge in [0.15, 0.2) is 0 Å². The number of carbonyl (C=O) groups is 2. The first-order chi connectivity index (χ1) is 6.88. The Hall–Kier alpha value is -1.92. The van der Waals surface area contributed by atoms with Gasteiger partial charge in [-0.25, -0.2) is 4.63 Å². The molecule has 1 aromatic heterocycles. The van der Waals surface area contributed by atoms with Gasteiger partial charge < -0.3 is 10.8 Å². The fraction of sp³-hybridized carbons (Fsp3) is 0.500. The third kappa shape index (κ3) is 1.95. The van der Waals surface area contributed by atoms with E-state index in [1.165, 1.54) is 6.92 Å². The third-order valence-electron chi connectivity index (χ3n) is 2.28. The van der Waals surface area contributed by atoms with E-state index in [9.17, 15) is 9.59 Å². The zero-order chi connectivity index (χ0) is 11.6. The summed E-state index contributed by atoms with van der Waals surface area (Å²) < 4.78 is 4.41. The summed E-state index contributed by atoms with van der Waals surface area (Å²) in [5, 5.41) is 15.9. The largest absolute Gasteiger partial charge is 0.480 e. The Morgan fingerprint density at radius 3 is 2.47 bits per heavy atom. The average Bonchev–Trinajstić information content (AvgIpc) is 2.51. The van der Waals surface area contributed by atoms with Gasteiger partial charge in [-0.3, -0.25) is 9.59 Å². The standard InChI is InChI=1S/C8H11N3O4/c1-4-5(11-15-10-4)3-8(2,6(9)12)7(13)14/h3H2,1-2H3,(H2,9,12)(H,13,14). The number of amides is 1. The Bertz CT molecular complexity index is 384. The molecule has 7 nitrogen and oxygen atoms in total. The molecule has 0 spiro atoms. The van der Waals surface area contributed by atoms with Crippen LogP contribution >= 0.6 is 0 Å². The van der Waals surface area contributed by atoms with Gasteiger partial charge in [-0.05, 0) is 13.8 Å². The van der Waals surface area contributed by atoms with Crippen LogP contribution in [-0.4, -0.2) is 27.3 Å². The summed E-state index contributed by atoms with van der Waals surface area (Å²) >= 11 is 0. The van der Waals surface area contributed by atoms with Gasteiger partial charge in [0.25, 0.3) is 0 Å². The van der Waals surface area contributed by atoms with Crippen LogP contribution in [0, 0.1) is 12.3 Å². The van der Waals surface area contributed by atoms with Crippen LogP contribution in [0.3, 0.4) is 0 Å². The molecule has 1 amide bonds. The number of nitrogens with zero attached hydrogens (tertiary/aromatic N) is 2. The number of aliphatic carboxylic acids is 1. The third-order valence-corrected chi connectivity index (χ3v) is 2.28. The van der Waals surface area contributed by atoms with Gasteiger partial charge in [-0.1, -0.05) is 10.3 Å². The van der Waals surface area contributed by atoms with Gasteiger partial charge in [0.1, 0.15) is 16.8 Å². The molecule has 0 saturated heterocycles. The van der Waals surface area contributed by atoms with Gasteiger partial charge in [0, 0.05) is 6.42 Å². The van der Waals surface area contributed by atoms with Crippen LogP contribution in [0.1, 0.15) is 18.3 Å². The summed E-state index contributed by atoms with van der Waals surface area (Å²) in [6, 6.07) is 0. The maximum atomic E-state index is 11.1. The second-order valence-electron chi connectivity index (χ2n) is 3.47. The molecule has 0 aliphatic rings. The summed E-state index contributed by atoms with van der Waals surface area (Å²) in [7, 11) is 0. The van der Waals surface area contributed by atoms with Gasteiger partial charge in [-0.15, -0.1) is 0 Å². The Balaban J connectivity index is 3.00. The smallest absolute Gasteiger partial charge is 0.319 e. The van der Waals surface area contributed by atoms with Crippen LogP contribution < -0.4 is 5.73 Å². The lowest BCUT2D eigenvalue weighted by molar-refractivity contribution is -0.153. The lowest BCUT2D eigenvalue weighted by atomic mass is 9.84. The highest BCUT2D eigenvalue weighted by atomic mass is 16.6. The van der Waals surface area contributed by atoms with Crippen molar-refractivity contribution in [2.24, 2.45) is 11.1 Å². The van der Waals surface area contributed by atoms with E-state index >= 15 is 0 Å². The van der Waals surface area contributed by atoms with Crippen molar-refractivity contribution in [3.63, 3.8) is 0 Å². The lowest BCUT2D eigenvalue weighted by Gasteiger charge is -2.18. The second kappa shape index (κ2) is 3.68. The summed E-state index contributed by atoms with van der Waals surface area (Å²) in [5.74, 6) is -2.21. The molecule has 3 N–H and O–H groups in total. The van der Waals surface area contributed by atoms with Crippen LogP contribution in [0.25, 0.3) is 0 Å². The maximum Gasteiger partial charge on any atom is 0.319 e. The lowest BCUT2D eigenvalue weighted by Crippen LogP contribution is -2.43. The van der Waals surface area contributed by atoms with E-state index in [1.807, 2.05) is 0 Å². The number of hydrogen-bond donors (Lipinski definition) is 2. The summed E-state index contributed by atoms with van der Waals surface area (Å²) in [6.45, 7) is 2.85. The first kappa shape index (κ1) is 11.2. The van der Waals surface area contributed by atoms with E-state index in [0.717, 1.165) is 0 Å². The molecule has 1 rings (SSSR count). The molecular formula is C8H11N3O4. The first-order valence-electron chi connectivity index (χ1n) is 4.19. The number of aromatic nitrogens is 2. The summed E-state index contributed by atoms with van der Waals surface area (Å²) in [5.41, 5.74) is 4.11. The molecule has 0 aliphatic heterocycles. The molecule has 0 aliphatic carbocycles. The van der Waals surface area contributed by atoms with E-state index in [0.29, 0.717) is 11.4 Å². The minimum atomic E-state index is -1.69. The Morgan fingerprint density at radius 1 is 1.53 bits per heavy atom. The van der Waals surface area contributed by atoms with Crippen molar-refractivity contribution in [1.82, 2.24) is 10.3 Å². The number of hydrogen-bond acceptors (Lipinski definition) is 5. The minimum Gasteiger partial charge on any atom is -0.480 e. The molecule has 0 aromatic carbocycles. The number of carboxylic acids is 1. The van der Waals surface area contributed by atoms with Gasteiger partial charge in [-0.2, -0.15) is 0 Å². The van der Waals surface area contributed by atoms with Crippen LogP contribution in [0.4, 0.5) is 0 Å². The number of aryl methyl sites for hydroxylation is 1. The highest BCUT2D eigenvalue weighted by molar-refractivity contribution is 6.00. The molecule has 0 saturated carbocycles. The summed E-state index contributed by atoms with van der Waals surface area (Å²) in [6.07, 6.45) is -0.132. The van der Waals surface area contributed by atoms with Crippen molar-refractivity contribution in [2.75, 3.05) is 0 Å². The van der Waals surface area contributed by atoms with E-state index in [-0.39, 0.29) is 6.42 Å². The second-order valence-corrected chi connectivity index (χ2v) is 3.47. The number of carbonyl (C=O) groups excluding carboxylic acids is 1. The maximum absolute atomic E-state index is 11.1. The number of primary amides is 1. The normalized spacial score (nSPS) is 14.5. The number of rotatable bonds is 4. The van der Waals surface area contributed by atoms with Gasteiger partial charge >= 0.3 is 5.97 Å². The van der Waals surface area contributed by atoms with Crippen LogP contribution in [0.2, 0.25) is 0 Å². The molecule has 0 radical (unpaired) electrons. The molecule has 1 aromatic rings. The molecule has 15 heavy (non-hydrogen) atoms. The molecule has 1 heterocycles. The predicted molar refractivity (Wildman–Crippen MR) is 47.7 cm³/mol. The first-order valence-corrected chi connectivity index (χ1v) is 4.19. The molecule has 0 fully saturated rings. The monoisotopic (exact) mass is 213 g/mol. The summed E-state index contributed by atoms with van der Waals surface area (Å²) in [4.78, 5) is 22.0. The van der Waals surface area contributed by atoms with E-state index in [1.54, 1.807) is 6.92 Å². The van der Waals surface area contributed by atoms with Crippen molar-refractivity contribution >= 4 is 11.9 Å². The van der Waals surface area contributed by atoms with E-state index in [2.05, 4.69) is 14.9 Å². The van der Waals surface area contributed by atoms with Crippen LogP contribution in [0.15, 0.2) is 4.63 Å². The Labute approximate surface area is 85.2 Å². The highest BCUT2D eigenvalue weighted by Crippen LogP contribution is 2.22. The molecule has 7 heteroatoms. The van der Waals surface area contributed by atoms with Crippen molar-refractivity contribution in [3.05, 3.63) is 11.4 Å². The zero-order valence-electron chi connectivity index (χ0n) is 8.35. The molecule has 1 unspecified atom stereocenters. The average molecular weight is 213 g/mol. The number of carboxylic acid groups (broad SMARTS) is 1. The zero-order valence-corrected chi connectivity index (χ0v) is 8.35. The molecule has 82 valence electrons. The molecular weight excluding hydrogens is 202 g/mol. The van der Waals surface area contributed by atoms with Gasteiger partial charge in [0.2, 0.25) is 5.91 Å². The Morgan fingerprint density at radius 2 is 2.13 bits per heavy atom. The van der Waals surface area contributed by atoms with Crippen molar-refractivity contribution in [1.29, 1.82) is 0 Å². The predicted octanol–water partition coefficient (Wildman–Crippen LogP) is -0.503. The quantitative estimate of drug-likeness (QED) is 0.650.